The first-order chi connectivity index (χ1) is 11.0. The Bertz CT molecular complexity index is 776. The van der Waals surface area contributed by atoms with E-state index >= 15 is 0 Å². The van der Waals surface area contributed by atoms with E-state index in [1.807, 2.05) is 25.6 Å². The predicted molar refractivity (Wildman–Crippen MR) is 90.9 cm³/mol. The van der Waals surface area contributed by atoms with Gasteiger partial charge in [-0.2, -0.15) is 11.8 Å². The zero-order chi connectivity index (χ0) is 16.4. The van der Waals surface area contributed by atoms with E-state index in [9.17, 15) is 9.59 Å². The van der Waals surface area contributed by atoms with Crippen LogP contribution in [0.5, 0.6) is 0 Å². The van der Waals surface area contributed by atoms with E-state index in [0.29, 0.717) is 18.6 Å². The topological polar surface area (TPSA) is 91.3 Å². The highest BCUT2D eigenvalue weighted by molar-refractivity contribution is 7.99. The molecule has 1 unspecified atom stereocenters. The molecular formula is C15H21N5O2S. The van der Waals surface area contributed by atoms with E-state index in [2.05, 4.69) is 20.7 Å². The smallest absolute Gasteiger partial charge is 0.266 e. The molecule has 2 aromatic heterocycles. The molecule has 0 radical (unpaired) electrons. The Morgan fingerprint density at radius 1 is 1.52 bits per heavy atom. The Morgan fingerprint density at radius 3 is 3.09 bits per heavy atom. The molecule has 124 valence electrons. The number of hydrogen-bond donors (Lipinski definition) is 3. The van der Waals surface area contributed by atoms with Gasteiger partial charge < -0.3 is 10.6 Å². The van der Waals surface area contributed by atoms with Crippen LogP contribution in [0, 0.1) is 13.8 Å². The van der Waals surface area contributed by atoms with E-state index in [1.54, 1.807) is 4.52 Å². The predicted octanol–water partition coefficient (Wildman–Crippen LogP) is 0.351. The highest BCUT2D eigenvalue weighted by Gasteiger charge is 2.17. The summed E-state index contributed by atoms with van der Waals surface area (Å²) < 4.78 is 1.66. The molecule has 1 fully saturated rings. The number of aryl methyl sites for hydroxylation is 2. The second-order valence-electron chi connectivity index (χ2n) is 5.78. The summed E-state index contributed by atoms with van der Waals surface area (Å²) in [4.78, 5) is 28.0. The molecule has 0 bridgehead atoms. The van der Waals surface area contributed by atoms with Crippen LogP contribution in [-0.2, 0) is 11.3 Å². The lowest BCUT2D eigenvalue weighted by Crippen LogP contribution is -2.41. The molecule has 1 aliphatic rings. The fourth-order valence-electron chi connectivity index (χ4n) is 2.85. The van der Waals surface area contributed by atoms with Crippen molar-refractivity contribution in [2.24, 2.45) is 0 Å². The number of fused-ring (bicyclic) bond motifs is 1. The summed E-state index contributed by atoms with van der Waals surface area (Å²) in [6.45, 7) is 5.19. The van der Waals surface area contributed by atoms with Crippen LogP contribution in [-0.4, -0.2) is 44.6 Å². The standard InChI is InChI=1S/C15H21N5O2S/c1-9-12(10(2)20-13(18-9)6-15(22)19-20)7-17-14(21)5-11-8-23-4-3-16-11/h6,11,16H,3-5,7-8H2,1-2H3,(H,17,21)(H,19,22). The van der Waals surface area contributed by atoms with Gasteiger partial charge in [-0.25, -0.2) is 9.50 Å². The first-order valence-corrected chi connectivity index (χ1v) is 8.86. The maximum absolute atomic E-state index is 12.1. The second kappa shape index (κ2) is 6.76. The Hall–Kier alpha value is -1.80. The SMILES string of the molecule is Cc1nc2cc(=O)[nH]n2c(C)c1CNC(=O)CC1CSCCN1. The van der Waals surface area contributed by atoms with Gasteiger partial charge in [-0.15, -0.1) is 0 Å². The van der Waals surface area contributed by atoms with Crippen LogP contribution < -0.4 is 16.2 Å². The van der Waals surface area contributed by atoms with E-state index in [1.165, 1.54) is 6.07 Å². The third-order valence-electron chi connectivity index (χ3n) is 4.10. The monoisotopic (exact) mass is 335 g/mol. The molecule has 0 aliphatic carbocycles. The zero-order valence-electron chi connectivity index (χ0n) is 13.3. The van der Waals surface area contributed by atoms with Crippen molar-refractivity contribution in [3.8, 4) is 0 Å². The molecule has 3 N–H and O–H groups in total. The minimum atomic E-state index is -0.179. The van der Waals surface area contributed by atoms with Gasteiger partial charge in [0.05, 0.1) is 0 Å². The number of amides is 1. The van der Waals surface area contributed by atoms with Crippen LogP contribution in [0.4, 0.5) is 0 Å². The van der Waals surface area contributed by atoms with Crippen molar-refractivity contribution in [2.75, 3.05) is 18.1 Å². The summed E-state index contributed by atoms with van der Waals surface area (Å²) >= 11 is 1.88. The first kappa shape index (κ1) is 16.1. The lowest BCUT2D eigenvalue weighted by atomic mass is 10.1. The largest absolute Gasteiger partial charge is 0.352 e. The lowest BCUT2D eigenvalue weighted by Gasteiger charge is -2.22. The molecule has 0 spiro atoms. The Balaban J connectivity index is 1.68. The van der Waals surface area contributed by atoms with Crippen molar-refractivity contribution in [3.63, 3.8) is 0 Å². The molecule has 0 saturated carbocycles. The number of nitrogens with zero attached hydrogens (tertiary/aromatic N) is 2. The third-order valence-corrected chi connectivity index (χ3v) is 5.23. The molecule has 23 heavy (non-hydrogen) atoms. The van der Waals surface area contributed by atoms with Crippen molar-refractivity contribution in [1.82, 2.24) is 25.2 Å². The van der Waals surface area contributed by atoms with E-state index < -0.39 is 0 Å². The van der Waals surface area contributed by atoms with Gasteiger partial charge in [-0.3, -0.25) is 14.7 Å². The normalized spacial score (nSPS) is 18.3. The summed E-state index contributed by atoms with van der Waals surface area (Å²) in [5, 5.41) is 9.05. The van der Waals surface area contributed by atoms with E-state index in [-0.39, 0.29) is 17.5 Å². The van der Waals surface area contributed by atoms with Gasteiger partial charge in [0.15, 0.2) is 5.65 Å². The number of carbonyl (C=O) groups is 1. The molecule has 1 amide bonds. The minimum Gasteiger partial charge on any atom is -0.352 e. The summed E-state index contributed by atoms with van der Waals surface area (Å²) in [7, 11) is 0. The molecule has 1 aliphatic heterocycles. The molecule has 0 aromatic carbocycles. The van der Waals surface area contributed by atoms with Crippen molar-refractivity contribution in [2.45, 2.75) is 32.9 Å². The zero-order valence-corrected chi connectivity index (χ0v) is 14.1. The number of rotatable bonds is 4. The third kappa shape index (κ3) is 3.59. The van der Waals surface area contributed by atoms with Crippen LogP contribution in [0.25, 0.3) is 5.65 Å². The van der Waals surface area contributed by atoms with Gasteiger partial charge in [-0.05, 0) is 13.8 Å². The van der Waals surface area contributed by atoms with Crippen molar-refractivity contribution in [1.29, 1.82) is 0 Å². The van der Waals surface area contributed by atoms with Gasteiger partial charge in [0.1, 0.15) is 0 Å². The number of aromatic nitrogens is 3. The molecule has 2 aromatic rings. The number of H-pyrrole nitrogens is 1. The van der Waals surface area contributed by atoms with Crippen molar-refractivity contribution >= 4 is 23.3 Å². The van der Waals surface area contributed by atoms with Gasteiger partial charge >= 0.3 is 0 Å². The van der Waals surface area contributed by atoms with E-state index in [0.717, 1.165) is 35.0 Å². The summed E-state index contributed by atoms with van der Waals surface area (Å²) in [5.41, 5.74) is 3.07. The number of nitrogens with one attached hydrogen (secondary N) is 3. The summed E-state index contributed by atoms with van der Waals surface area (Å²) in [5.74, 6) is 2.12. The molecular weight excluding hydrogens is 314 g/mol. The summed E-state index contributed by atoms with van der Waals surface area (Å²) in [6.07, 6.45) is 0.487. The number of hydrogen-bond acceptors (Lipinski definition) is 5. The fraction of sp³-hybridized carbons (Fsp3) is 0.533. The average molecular weight is 335 g/mol. The van der Waals surface area contributed by atoms with Crippen molar-refractivity contribution in [3.05, 3.63) is 33.4 Å². The summed E-state index contributed by atoms with van der Waals surface area (Å²) in [6, 6.07) is 1.71. The first-order valence-electron chi connectivity index (χ1n) is 7.70. The Labute approximate surface area is 138 Å². The molecule has 3 heterocycles. The van der Waals surface area contributed by atoms with Gasteiger partial charge in [0, 0.05) is 60.1 Å². The van der Waals surface area contributed by atoms with Crippen LogP contribution in [0.3, 0.4) is 0 Å². The van der Waals surface area contributed by atoms with Gasteiger partial charge in [0.25, 0.3) is 5.56 Å². The van der Waals surface area contributed by atoms with Gasteiger partial charge in [0.2, 0.25) is 5.91 Å². The highest BCUT2D eigenvalue weighted by Crippen LogP contribution is 2.13. The van der Waals surface area contributed by atoms with Crippen LogP contribution in [0.15, 0.2) is 10.9 Å². The molecule has 3 rings (SSSR count). The van der Waals surface area contributed by atoms with Crippen LogP contribution in [0.1, 0.15) is 23.4 Å². The number of aromatic amines is 1. The number of thioether (sulfide) groups is 1. The van der Waals surface area contributed by atoms with Crippen LogP contribution >= 0.6 is 11.8 Å². The average Bonchev–Trinajstić information content (AvgIpc) is 2.88. The van der Waals surface area contributed by atoms with Crippen molar-refractivity contribution < 1.29 is 4.79 Å². The highest BCUT2D eigenvalue weighted by atomic mass is 32.2. The second-order valence-corrected chi connectivity index (χ2v) is 6.93. The van der Waals surface area contributed by atoms with E-state index in [4.69, 9.17) is 0 Å². The molecule has 1 saturated heterocycles. The molecule has 1 atom stereocenters. The van der Waals surface area contributed by atoms with Crippen LogP contribution in [0.2, 0.25) is 0 Å². The maximum Gasteiger partial charge on any atom is 0.266 e. The minimum absolute atomic E-state index is 0.0323. The number of carbonyl (C=O) groups excluding carboxylic acids is 1. The molecule has 8 heteroatoms. The Kier molecular flexibility index (Phi) is 4.72. The maximum atomic E-state index is 12.1. The fourth-order valence-corrected chi connectivity index (χ4v) is 3.79. The Morgan fingerprint density at radius 2 is 2.35 bits per heavy atom. The lowest BCUT2D eigenvalue weighted by molar-refractivity contribution is -0.121. The quantitative estimate of drug-likeness (QED) is 0.750. The van der Waals surface area contributed by atoms with Gasteiger partial charge in [-0.1, -0.05) is 0 Å². The molecule has 7 nitrogen and oxygen atoms in total.